The van der Waals surface area contributed by atoms with Crippen LogP contribution in [-0.2, 0) is 15.6 Å². The smallest absolute Gasteiger partial charge is 0.240 e. The quantitative estimate of drug-likeness (QED) is 0.795. The molecule has 134 valence electrons. The summed E-state index contributed by atoms with van der Waals surface area (Å²) < 4.78 is 33.1. The van der Waals surface area contributed by atoms with Gasteiger partial charge in [-0.25, -0.2) is 13.1 Å². The van der Waals surface area contributed by atoms with E-state index in [0.717, 1.165) is 18.4 Å². The van der Waals surface area contributed by atoms with E-state index in [1.807, 2.05) is 30.3 Å². The number of rotatable bonds is 7. The van der Waals surface area contributed by atoms with Crippen molar-refractivity contribution in [1.82, 2.24) is 4.72 Å². The molecule has 1 saturated carbocycles. The van der Waals surface area contributed by atoms with Crippen molar-refractivity contribution in [2.45, 2.75) is 30.3 Å². The molecule has 0 saturated heterocycles. The van der Waals surface area contributed by atoms with E-state index in [0.29, 0.717) is 11.3 Å². The first-order chi connectivity index (χ1) is 11.9. The molecule has 0 bridgehead atoms. The molecule has 5 nitrogen and oxygen atoms in total. The predicted molar refractivity (Wildman–Crippen MR) is 96.0 cm³/mol. The van der Waals surface area contributed by atoms with Crippen LogP contribution in [0.2, 0.25) is 0 Å². The molecule has 25 heavy (non-hydrogen) atoms. The lowest BCUT2D eigenvalue weighted by Gasteiger charge is -2.29. The fraction of sp³-hybridized carbons (Fsp3) is 0.368. The van der Waals surface area contributed by atoms with E-state index in [4.69, 9.17) is 4.74 Å². The van der Waals surface area contributed by atoms with E-state index in [2.05, 4.69) is 4.72 Å². The second-order valence-electron chi connectivity index (χ2n) is 6.52. The van der Waals surface area contributed by atoms with Crippen molar-refractivity contribution in [1.29, 1.82) is 0 Å². The van der Waals surface area contributed by atoms with Gasteiger partial charge in [0.25, 0.3) is 0 Å². The van der Waals surface area contributed by atoms with Crippen LogP contribution in [0, 0.1) is 12.8 Å². The van der Waals surface area contributed by atoms with Gasteiger partial charge >= 0.3 is 0 Å². The Morgan fingerprint density at radius 3 is 2.44 bits per heavy atom. The maximum Gasteiger partial charge on any atom is 0.240 e. The highest BCUT2D eigenvalue weighted by molar-refractivity contribution is 7.89. The number of aliphatic hydroxyl groups is 1. The van der Waals surface area contributed by atoms with Crippen molar-refractivity contribution in [3.63, 3.8) is 0 Å². The van der Waals surface area contributed by atoms with Crippen molar-refractivity contribution in [3.8, 4) is 5.75 Å². The van der Waals surface area contributed by atoms with Crippen LogP contribution >= 0.6 is 0 Å². The normalized spacial score (nSPS) is 17.1. The molecule has 1 aliphatic carbocycles. The summed E-state index contributed by atoms with van der Waals surface area (Å²) in [7, 11) is -2.19. The minimum absolute atomic E-state index is 0.0461. The van der Waals surface area contributed by atoms with Crippen LogP contribution in [-0.4, -0.2) is 27.2 Å². The van der Waals surface area contributed by atoms with E-state index >= 15 is 0 Å². The minimum atomic E-state index is -3.73. The Balaban J connectivity index is 1.83. The van der Waals surface area contributed by atoms with Gasteiger partial charge in [-0.2, -0.15) is 0 Å². The third kappa shape index (κ3) is 3.71. The molecular formula is C19H23NO4S. The Labute approximate surface area is 148 Å². The van der Waals surface area contributed by atoms with Gasteiger partial charge in [-0.05, 0) is 55.0 Å². The average Bonchev–Trinajstić information content (AvgIpc) is 3.45. The zero-order chi connectivity index (χ0) is 18.1. The van der Waals surface area contributed by atoms with Crippen molar-refractivity contribution in [2.24, 2.45) is 5.92 Å². The summed E-state index contributed by atoms with van der Waals surface area (Å²) in [6.07, 6.45) is 1.80. The molecule has 0 aromatic heterocycles. The first kappa shape index (κ1) is 17.9. The number of nitrogens with one attached hydrogen (secondary N) is 1. The van der Waals surface area contributed by atoms with E-state index in [9.17, 15) is 13.5 Å². The number of hydrogen-bond acceptors (Lipinski definition) is 4. The number of aryl methyl sites for hydroxylation is 1. The fourth-order valence-electron chi connectivity index (χ4n) is 3.10. The maximum atomic E-state index is 12.7. The third-order valence-electron chi connectivity index (χ3n) is 4.73. The van der Waals surface area contributed by atoms with Gasteiger partial charge in [0.15, 0.2) is 0 Å². The Bertz CT molecular complexity index is 847. The van der Waals surface area contributed by atoms with Crippen LogP contribution in [0.1, 0.15) is 24.0 Å². The van der Waals surface area contributed by atoms with Gasteiger partial charge in [0, 0.05) is 6.54 Å². The molecule has 0 heterocycles. The van der Waals surface area contributed by atoms with Gasteiger partial charge in [0.2, 0.25) is 10.0 Å². The standard InChI is InChI=1S/C19H23NO4S/c1-14-12-17(24-2)10-11-18(14)25(22,23)20-13-19(21,16-8-9-16)15-6-4-3-5-7-15/h3-7,10-12,16,20-21H,8-9,13H2,1-2H3/t19-/m1/s1. The third-order valence-corrected chi connectivity index (χ3v) is 6.29. The van der Waals surface area contributed by atoms with Crippen LogP contribution in [0.4, 0.5) is 0 Å². The second kappa shape index (κ2) is 6.78. The number of methoxy groups -OCH3 is 1. The van der Waals surface area contributed by atoms with Crippen LogP contribution in [0.15, 0.2) is 53.4 Å². The van der Waals surface area contributed by atoms with Gasteiger partial charge in [0.05, 0.1) is 12.0 Å². The molecule has 2 aromatic carbocycles. The van der Waals surface area contributed by atoms with E-state index in [1.165, 1.54) is 13.2 Å². The summed E-state index contributed by atoms with van der Waals surface area (Å²) in [5, 5.41) is 11.1. The van der Waals surface area contributed by atoms with Crippen molar-refractivity contribution >= 4 is 10.0 Å². The molecule has 1 atom stereocenters. The molecule has 1 aliphatic rings. The molecule has 0 amide bonds. The highest BCUT2D eigenvalue weighted by atomic mass is 32.2. The van der Waals surface area contributed by atoms with Crippen molar-refractivity contribution in [2.75, 3.05) is 13.7 Å². The maximum absolute atomic E-state index is 12.7. The summed E-state index contributed by atoms with van der Waals surface area (Å²) in [5.74, 6) is 0.685. The molecule has 3 rings (SSSR count). The van der Waals surface area contributed by atoms with Gasteiger partial charge in [-0.1, -0.05) is 30.3 Å². The van der Waals surface area contributed by atoms with Gasteiger partial charge in [0.1, 0.15) is 11.4 Å². The molecule has 0 aliphatic heterocycles. The SMILES string of the molecule is COc1ccc(S(=O)(=O)NC[C@@](O)(c2ccccc2)C2CC2)c(C)c1. The molecular weight excluding hydrogens is 338 g/mol. The Morgan fingerprint density at radius 1 is 1.20 bits per heavy atom. The summed E-state index contributed by atoms with van der Waals surface area (Å²) in [6, 6.07) is 14.1. The molecule has 2 N–H and O–H groups in total. The van der Waals surface area contributed by atoms with Crippen LogP contribution in [0.5, 0.6) is 5.75 Å². The topological polar surface area (TPSA) is 75.6 Å². The highest BCUT2D eigenvalue weighted by Gasteiger charge is 2.45. The average molecular weight is 361 g/mol. The predicted octanol–water partition coefficient (Wildman–Crippen LogP) is 2.58. The molecule has 0 spiro atoms. The largest absolute Gasteiger partial charge is 0.497 e. The van der Waals surface area contributed by atoms with E-state index in [1.54, 1.807) is 19.1 Å². The van der Waals surface area contributed by atoms with Crippen LogP contribution in [0.25, 0.3) is 0 Å². The Kier molecular flexibility index (Phi) is 4.86. The number of sulfonamides is 1. The molecule has 0 radical (unpaired) electrons. The summed E-state index contributed by atoms with van der Waals surface area (Å²) in [6.45, 7) is 1.68. The summed E-state index contributed by atoms with van der Waals surface area (Å²) in [4.78, 5) is 0.194. The molecule has 2 aromatic rings. The lowest BCUT2D eigenvalue weighted by molar-refractivity contribution is 0.0185. The van der Waals surface area contributed by atoms with Crippen molar-refractivity contribution in [3.05, 3.63) is 59.7 Å². The lowest BCUT2D eigenvalue weighted by Crippen LogP contribution is -2.42. The van der Waals surface area contributed by atoms with Gasteiger partial charge in [-0.15, -0.1) is 0 Å². The van der Waals surface area contributed by atoms with E-state index in [-0.39, 0.29) is 17.4 Å². The van der Waals surface area contributed by atoms with E-state index < -0.39 is 15.6 Å². The zero-order valence-electron chi connectivity index (χ0n) is 14.4. The summed E-state index contributed by atoms with van der Waals surface area (Å²) in [5.41, 5.74) is 0.155. The summed E-state index contributed by atoms with van der Waals surface area (Å²) >= 11 is 0. The van der Waals surface area contributed by atoms with Crippen LogP contribution < -0.4 is 9.46 Å². The first-order valence-electron chi connectivity index (χ1n) is 8.29. The highest BCUT2D eigenvalue weighted by Crippen LogP contribution is 2.45. The Morgan fingerprint density at radius 2 is 1.88 bits per heavy atom. The fourth-order valence-corrected chi connectivity index (χ4v) is 4.40. The van der Waals surface area contributed by atoms with Crippen molar-refractivity contribution < 1.29 is 18.3 Å². The monoisotopic (exact) mass is 361 g/mol. The zero-order valence-corrected chi connectivity index (χ0v) is 15.2. The second-order valence-corrected chi connectivity index (χ2v) is 8.26. The number of benzene rings is 2. The minimum Gasteiger partial charge on any atom is -0.497 e. The molecule has 6 heteroatoms. The number of hydrogen-bond donors (Lipinski definition) is 2. The van der Waals surface area contributed by atoms with Gasteiger partial charge < -0.3 is 9.84 Å². The lowest BCUT2D eigenvalue weighted by atomic mass is 9.89. The molecule has 0 unspecified atom stereocenters. The number of ether oxygens (including phenoxy) is 1. The Hall–Kier alpha value is -1.89. The van der Waals surface area contributed by atoms with Crippen LogP contribution in [0.3, 0.4) is 0 Å². The van der Waals surface area contributed by atoms with Gasteiger partial charge in [-0.3, -0.25) is 0 Å². The first-order valence-corrected chi connectivity index (χ1v) is 9.77. The molecule has 1 fully saturated rings.